The summed E-state index contributed by atoms with van der Waals surface area (Å²) in [5, 5.41) is 10.3. The molecule has 1 N–H and O–H groups in total. The third-order valence-corrected chi connectivity index (χ3v) is 3.94. The van der Waals surface area contributed by atoms with Crippen molar-refractivity contribution >= 4 is 21.6 Å². The quantitative estimate of drug-likeness (QED) is 0.926. The molecule has 19 heavy (non-hydrogen) atoms. The molecule has 0 bridgehead atoms. The lowest BCUT2D eigenvalue weighted by Gasteiger charge is -2.15. The van der Waals surface area contributed by atoms with Crippen molar-refractivity contribution in [2.75, 3.05) is 19.0 Å². The monoisotopic (exact) mass is 319 g/mol. The van der Waals surface area contributed by atoms with Crippen molar-refractivity contribution in [2.24, 2.45) is 0 Å². The van der Waals surface area contributed by atoms with E-state index in [2.05, 4.69) is 15.9 Å². The zero-order chi connectivity index (χ0) is 13.8. The Labute approximate surface area is 122 Å². The molecule has 0 heterocycles. The summed E-state index contributed by atoms with van der Waals surface area (Å²) in [4.78, 5) is 2.05. The highest BCUT2D eigenvalue weighted by Crippen LogP contribution is 2.24. The van der Waals surface area contributed by atoms with Gasteiger partial charge in [0.15, 0.2) is 0 Å². The largest absolute Gasteiger partial charge is 0.388 e. The van der Waals surface area contributed by atoms with Crippen LogP contribution in [0.5, 0.6) is 0 Å². The molecule has 0 aliphatic heterocycles. The minimum absolute atomic E-state index is 0.477. The van der Waals surface area contributed by atoms with Crippen LogP contribution in [0.3, 0.4) is 0 Å². The number of aliphatic hydroxyl groups excluding tert-OH is 1. The average Bonchev–Trinajstić information content (AvgIpc) is 2.41. The van der Waals surface area contributed by atoms with Gasteiger partial charge in [-0.2, -0.15) is 0 Å². The van der Waals surface area contributed by atoms with E-state index in [1.165, 1.54) is 0 Å². The summed E-state index contributed by atoms with van der Waals surface area (Å²) >= 11 is 3.51. The minimum atomic E-state index is -0.477. The Morgan fingerprint density at radius 3 is 2.26 bits per heavy atom. The molecule has 3 heteroatoms. The Morgan fingerprint density at radius 1 is 1.05 bits per heavy atom. The maximum atomic E-state index is 10.3. The first-order chi connectivity index (χ1) is 9.08. The molecular weight excluding hydrogens is 302 g/mol. The molecule has 2 aromatic carbocycles. The number of nitrogens with zero attached hydrogens (tertiary/aromatic N) is 1. The fourth-order valence-corrected chi connectivity index (χ4v) is 2.43. The van der Waals surface area contributed by atoms with E-state index in [1.807, 2.05) is 67.5 Å². The van der Waals surface area contributed by atoms with Crippen LogP contribution in [0.1, 0.15) is 17.2 Å². The van der Waals surface area contributed by atoms with Gasteiger partial charge < -0.3 is 10.0 Å². The predicted octanol–water partition coefficient (Wildman–Crippen LogP) is 3.79. The summed E-state index contributed by atoms with van der Waals surface area (Å²) in [5.74, 6) is 0. The summed E-state index contributed by atoms with van der Waals surface area (Å²) in [6.07, 6.45) is 0.137. The molecule has 1 unspecified atom stereocenters. The van der Waals surface area contributed by atoms with E-state index >= 15 is 0 Å². The van der Waals surface area contributed by atoms with Crippen LogP contribution in [0.25, 0.3) is 0 Å². The van der Waals surface area contributed by atoms with E-state index in [1.54, 1.807) is 0 Å². The molecule has 0 saturated heterocycles. The lowest BCUT2D eigenvalue weighted by Crippen LogP contribution is -2.09. The van der Waals surface area contributed by atoms with E-state index in [9.17, 15) is 5.11 Å². The molecule has 0 saturated carbocycles. The molecule has 0 fully saturated rings. The van der Waals surface area contributed by atoms with Crippen LogP contribution in [0.4, 0.5) is 5.69 Å². The van der Waals surface area contributed by atoms with Crippen molar-refractivity contribution < 1.29 is 5.11 Å². The lowest BCUT2D eigenvalue weighted by atomic mass is 10.0. The van der Waals surface area contributed by atoms with Crippen LogP contribution in [-0.4, -0.2) is 19.2 Å². The fourth-order valence-electron chi connectivity index (χ4n) is 1.98. The van der Waals surface area contributed by atoms with Gasteiger partial charge in [0.1, 0.15) is 0 Å². The summed E-state index contributed by atoms with van der Waals surface area (Å²) in [7, 11) is 4.01. The number of anilines is 1. The summed E-state index contributed by atoms with van der Waals surface area (Å²) in [5.41, 5.74) is 3.20. The molecule has 2 aromatic rings. The first-order valence-electron chi connectivity index (χ1n) is 6.26. The lowest BCUT2D eigenvalue weighted by molar-refractivity contribution is 0.178. The smallest absolute Gasteiger partial charge is 0.0830 e. The Hall–Kier alpha value is -1.32. The van der Waals surface area contributed by atoms with Gasteiger partial charge in [-0.1, -0.05) is 46.3 Å². The second-order valence-electron chi connectivity index (χ2n) is 4.80. The molecule has 100 valence electrons. The Bertz CT molecular complexity index is 537. The molecular formula is C16H18BrNO. The van der Waals surface area contributed by atoms with Crippen molar-refractivity contribution in [3.05, 3.63) is 64.1 Å². The number of rotatable bonds is 4. The van der Waals surface area contributed by atoms with Gasteiger partial charge in [-0.25, -0.2) is 0 Å². The summed E-state index contributed by atoms with van der Waals surface area (Å²) in [6, 6.07) is 16.0. The highest BCUT2D eigenvalue weighted by Gasteiger charge is 2.10. The van der Waals surface area contributed by atoms with E-state index in [4.69, 9.17) is 0 Å². The zero-order valence-corrected chi connectivity index (χ0v) is 12.8. The number of aliphatic hydroxyl groups is 1. The first-order valence-corrected chi connectivity index (χ1v) is 7.06. The van der Waals surface area contributed by atoms with E-state index in [0.29, 0.717) is 6.42 Å². The molecule has 0 aromatic heterocycles. The van der Waals surface area contributed by atoms with Gasteiger partial charge in [-0.15, -0.1) is 0 Å². The van der Waals surface area contributed by atoms with Gasteiger partial charge in [0.2, 0.25) is 0 Å². The van der Waals surface area contributed by atoms with Gasteiger partial charge in [-0.05, 0) is 29.3 Å². The molecule has 0 radical (unpaired) electrons. The second-order valence-corrected chi connectivity index (χ2v) is 5.65. The topological polar surface area (TPSA) is 23.5 Å². The van der Waals surface area contributed by atoms with Gasteiger partial charge in [0, 0.05) is 30.7 Å². The Morgan fingerprint density at radius 2 is 1.68 bits per heavy atom. The van der Waals surface area contributed by atoms with Crippen molar-refractivity contribution in [3.8, 4) is 0 Å². The Balaban J connectivity index is 2.12. The summed E-state index contributed by atoms with van der Waals surface area (Å²) < 4.78 is 1.04. The number of benzene rings is 2. The summed E-state index contributed by atoms with van der Waals surface area (Å²) in [6.45, 7) is 0. The van der Waals surface area contributed by atoms with Crippen LogP contribution >= 0.6 is 15.9 Å². The normalized spacial score (nSPS) is 12.2. The number of hydrogen-bond acceptors (Lipinski definition) is 2. The number of hydrogen-bond donors (Lipinski definition) is 1. The van der Waals surface area contributed by atoms with Crippen molar-refractivity contribution in [3.63, 3.8) is 0 Å². The van der Waals surface area contributed by atoms with Crippen LogP contribution in [0.15, 0.2) is 53.0 Å². The first kappa shape index (κ1) is 14.1. The molecule has 2 rings (SSSR count). The van der Waals surface area contributed by atoms with Crippen molar-refractivity contribution in [2.45, 2.75) is 12.5 Å². The van der Waals surface area contributed by atoms with Crippen molar-refractivity contribution in [1.29, 1.82) is 0 Å². The van der Waals surface area contributed by atoms with E-state index in [0.717, 1.165) is 21.3 Å². The van der Waals surface area contributed by atoms with Crippen LogP contribution in [0.2, 0.25) is 0 Å². The fraction of sp³-hybridized carbons (Fsp3) is 0.250. The maximum absolute atomic E-state index is 10.3. The number of halogens is 1. The maximum Gasteiger partial charge on any atom is 0.0830 e. The SMILES string of the molecule is CN(C)c1ccc(C(O)Cc2ccccc2Br)cc1. The Kier molecular flexibility index (Phi) is 4.61. The van der Waals surface area contributed by atoms with Crippen LogP contribution < -0.4 is 4.90 Å². The third-order valence-electron chi connectivity index (χ3n) is 3.17. The zero-order valence-electron chi connectivity index (χ0n) is 11.2. The molecule has 1 atom stereocenters. The van der Waals surface area contributed by atoms with Crippen LogP contribution in [0, 0.1) is 0 Å². The van der Waals surface area contributed by atoms with E-state index < -0.39 is 6.10 Å². The van der Waals surface area contributed by atoms with E-state index in [-0.39, 0.29) is 0 Å². The average molecular weight is 320 g/mol. The van der Waals surface area contributed by atoms with Gasteiger partial charge in [0.05, 0.1) is 6.10 Å². The molecule has 0 aliphatic rings. The highest BCUT2D eigenvalue weighted by atomic mass is 79.9. The van der Waals surface area contributed by atoms with Gasteiger partial charge >= 0.3 is 0 Å². The molecule has 0 spiro atoms. The predicted molar refractivity (Wildman–Crippen MR) is 83.6 cm³/mol. The van der Waals surface area contributed by atoms with Gasteiger partial charge in [-0.3, -0.25) is 0 Å². The highest BCUT2D eigenvalue weighted by molar-refractivity contribution is 9.10. The third kappa shape index (κ3) is 3.58. The minimum Gasteiger partial charge on any atom is -0.388 e. The van der Waals surface area contributed by atoms with Crippen molar-refractivity contribution in [1.82, 2.24) is 0 Å². The molecule has 0 amide bonds. The standard InChI is InChI=1S/C16H18BrNO/c1-18(2)14-9-7-12(8-10-14)16(19)11-13-5-3-4-6-15(13)17/h3-10,16,19H,11H2,1-2H3. The second kappa shape index (κ2) is 6.22. The van der Waals surface area contributed by atoms with Gasteiger partial charge in [0.25, 0.3) is 0 Å². The van der Waals surface area contributed by atoms with Crippen LogP contribution in [-0.2, 0) is 6.42 Å². The molecule has 0 aliphatic carbocycles. The molecule has 2 nitrogen and oxygen atoms in total.